The number of halogens is 1. The van der Waals surface area contributed by atoms with Crippen molar-refractivity contribution in [3.63, 3.8) is 0 Å². The number of nitrogens with one attached hydrogen (secondary N) is 2. The minimum absolute atomic E-state index is 0.0163. The van der Waals surface area contributed by atoms with Crippen LogP contribution in [0.2, 0.25) is 0 Å². The second-order valence-electron chi connectivity index (χ2n) is 8.24. The van der Waals surface area contributed by atoms with Gasteiger partial charge < -0.3 is 10.6 Å². The number of hydrogen-bond acceptors (Lipinski definition) is 4. The molecule has 1 atom stereocenters. The fourth-order valence-electron chi connectivity index (χ4n) is 2.77. The normalized spacial score (nSPS) is 12.8. The first-order valence-electron chi connectivity index (χ1n) is 9.51. The van der Waals surface area contributed by atoms with Gasteiger partial charge in [-0.1, -0.05) is 45.0 Å². The Bertz CT molecular complexity index is 1010. The van der Waals surface area contributed by atoms with Crippen molar-refractivity contribution in [1.82, 2.24) is 5.32 Å². The number of anilines is 1. The zero-order valence-electron chi connectivity index (χ0n) is 17.5. The summed E-state index contributed by atoms with van der Waals surface area (Å²) in [6.45, 7) is 6.29. The van der Waals surface area contributed by atoms with Crippen molar-refractivity contribution in [3.8, 4) is 0 Å². The molecule has 0 bridgehead atoms. The summed E-state index contributed by atoms with van der Waals surface area (Å²) < 4.78 is 23.8. The molecule has 0 aliphatic rings. The van der Waals surface area contributed by atoms with Gasteiger partial charge in [-0.15, -0.1) is 0 Å². The van der Waals surface area contributed by atoms with Gasteiger partial charge in [-0.3, -0.25) is 9.59 Å². The molecular weight excluding hydrogens is 468 g/mol. The molecule has 0 saturated heterocycles. The van der Waals surface area contributed by atoms with E-state index < -0.39 is 27.7 Å². The molecule has 2 amide bonds. The summed E-state index contributed by atoms with van der Waals surface area (Å²) in [5.74, 6) is -1.15. The minimum Gasteiger partial charge on any atom is -0.340 e. The van der Waals surface area contributed by atoms with Gasteiger partial charge in [-0.2, -0.15) is 0 Å². The highest BCUT2D eigenvalue weighted by Gasteiger charge is 2.24. The Kier molecular flexibility index (Phi) is 7.82. The molecule has 2 N–H and O–H groups in total. The van der Waals surface area contributed by atoms with E-state index in [9.17, 15) is 18.0 Å². The highest BCUT2D eigenvalue weighted by Crippen LogP contribution is 2.23. The standard InChI is InChI=1S/C22H27BrN2O4S/c1-22(2,3)15-9-11-16(12-10-15)24-21(27)19(13-14-30(4,28)29)25-20(26)17-7-5-6-8-18(17)23/h5-12,19H,13-14H2,1-4H3,(H,24,27)(H,25,26). The zero-order chi connectivity index (χ0) is 22.5. The molecule has 8 heteroatoms. The van der Waals surface area contributed by atoms with Crippen LogP contribution in [0, 0.1) is 0 Å². The number of rotatable bonds is 7. The first-order valence-corrected chi connectivity index (χ1v) is 12.4. The number of hydrogen-bond donors (Lipinski definition) is 2. The van der Waals surface area contributed by atoms with Gasteiger partial charge >= 0.3 is 0 Å². The highest BCUT2D eigenvalue weighted by atomic mass is 79.9. The van der Waals surface area contributed by atoms with E-state index in [1.165, 1.54) is 0 Å². The molecule has 0 aliphatic heterocycles. The van der Waals surface area contributed by atoms with E-state index >= 15 is 0 Å². The highest BCUT2D eigenvalue weighted by molar-refractivity contribution is 9.10. The molecule has 0 saturated carbocycles. The Morgan fingerprint density at radius 3 is 2.17 bits per heavy atom. The molecular formula is C22H27BrN2O4S. The largest absolute Gasteiger partial charge is 0.340 e. The van der Waals surface area contributed by atoms with Crippen LogP contribution in [0.1, 0.15) is 43.1 Å². The fraction of sp³-hybridized carbons (Fsp3) is 0.364. The maximum absolute atomic E-state index is 12.8. The summed E-state index contributed by atoms with van der Waals surface area (Å²) in [5, 5.41) is 5.43. The summed E-state index contributed by atoms with van der Waals surface area (Å²) in [6, 6.07) is 13.3. The van der Waals surface area contributed by atoms with Gasteiger partial charge in [0, 0.05) is 16.4 Å². The summed E-state index contributed by atoms with van der Waals surface area (Å²) in [4.78, 5) is 25.5. The number of amides is 2. The molecule has 0 aliphatic carbocycles. The summed E-state index contributed by atoms with van der Waals surface area (Å²) in [7, 11) is -3.30. The van der Waals surface area contributed by atoms with Gasteiger partial charge in [-0.25, -0.2) is 8.42 Å². The molecule has 0 fully saturated rings. The molecule has 6 nitrogen and oxygen atoms in total. The molecule has 0 spiro atoms. The van der Waals surface area contributed by atoms with Crippen LogP contribution in [0.15, 0.2) is 53.0 Å². The lowest BCUT2D eigenvalue weighted by atomic mass is 9.87. The van der Waals surface area contributed by atoms with Crippen LogP contribution in [-0.4, -0.2) is 38.3 Å². The lowest BCUT2D eigenvalue weighted by Gasteiger charge is -2.21. The van der Waals surface area contributed by atoms with E-state index in [2.05, 4.69) is 47.3 Å². The molecule has 0 aromatic heterocycles. The molecule has 2 aromatic rings. The lowest BCUT2D eigenvalue weighted by molar-refractivity contribution is -0.118. The Labute approximate surface area is 186 Å². The smallest absolute Gasteiger partial charge is 0.253 e. The molecule has 1 unspecified atom stereocenters. The molecule has 0 heterocycles. The van der Waals surface area contributed by atoms with E-state index in [4.69, 9.17) is 0 Å². The fourth-order valence-corrected chi connectivity index (χ4v) is 3.89. The average Bonchev–Trinajstić information content (AvgIpc) is 2.64. The second kappa shape index (κ2) is 9.75. The maximum Gasteiger partial charge on any atom is 0.253 e. The van der Waals surface area contributed by atoms with Crippen LogP contribution in [-0.2, 0) is 20.0 Å². The van der Waals surface area contributed by atoms with E-state index in [0.29, 0.717) is 15.7 Å². The van der Waals surface area contributed by atoms with E-state index in [-0.39, 0.29) is 17.6 Å². The van der Waals surface area contributed by atoms with Crippen LogP contribution in [0.4, 0.5) is 5.69 Å². The van der Waals surface area contributed by atoms with Crippen molar-refractivity contribution >= 4 is 43.3 Å². The summed E-state index contributed by atoms with van der Waals surface area (Å²) >= 11 is 3.31. The molecule has 30 heavy (non-hydrogen) atoms. The Balaban J connectivity index is 2.18. The van der Waals surface area contributed by atoms with Gasteiger partial charge in [0.2, 0.25) is 5.91 Å². The molecule has 162 valence electrons. The molecule has 2 aromatic carbocycles. The minimum atomic E-state index is -3.30. The molecule has 0 radical (unpaired) electrons. The van der Waals surface area contributed by atoms with Crippen LogP contribution in [0.5, 0.6) is 0 Å². The van der Waals surface area contributed by atoms with Crippen molar-refractivity contribution in [1.29, 1.82) is 0 Å². The third-order valence-corrected chi connectivity index (χ3v) is 6.20. The average molecular weight is 495 g/mol. The van der Waals surface area contributed by atoms with Crippen LogP contribution >= 0.6 is 15.9 Å². The first kappa shape index (κ1) is 24.1. The van der Waals surface area contributed by atoms with Crippen molar-refractivity contribution in [3.05, 3.63) is 64.1 Å². The molecule has 2 rings (SSSR count). The van der Waals surface area contributed by atoms with Gasteiger partial charge in [-0.05, 0) is 57.6 Å². The van der Waals surface area contributed by atoms with Crippen molar-refractivity contribution in [2.24, 2.45) is 0 Å². The van der Waals surface area contributed by atoms with Crippen LogP contribution in [0.25, 0.3) is 0 Å². The predicted molar refractivity (Wildman–Crippen MR) is 123 cm³/mol. The topological polar surface area (TPSA) is 92.3 Å². The monoisotopic (exact) mass is 494 g/mol. The number of benzene rings is 2. The van der Waals surface area contributed by atoms with Crippen LogP contribution in [0.3, 0.4) is 0 Å². The predicted octanol–water partition coefficient (Wildman–Crippen LogP) is 3.92. The SMILES string of the molecule is CC(C)(C)c1ccc(NC(=O)C(CCS(C)(=O)=O)NC(=O)c2ccccc2Br)cc1. The third-order valence-electron chi connectivity index (χ3n) is 4.54. The maximum atomic E-state index is 12.8. The van der Waals surface area contributed by atoms with Gasteiger partial charge in [0.25, 0.3) is 5.91 Å². The van der Waals surface area contributed by atoms with Gasteiger partial charge in [0.05, 0.1) is 11.3 Å². The summed E-state index contributed by atoms with van der Waals surface area (Å²) in [5.41, 5.74) is 2.05. The van der Waals surface area contributed by atoms with Gasteiger partial charge in [0.1, 0.15) is 15.9 Å². The second-order valence-corrected chi connectivity index (χ2v) is 11.4. The Hall–Kier alpha value is -2.19. The van der Waals surface area contributed by atoms with Crippen molar-refractivity contribution in [2.75, 3.05) is 17.3 Å². The van der Waals surface area contributed by atoms with Crippen LogP contribution < -0.4 is 10.6 Å². The number of carbonyl (C=O) groups excluding carboxylic acids is 2. The third kappa shape index (κ3) is 7.25. The van der Waals surface area contributed by atoms with E-state index in [0.717, 1.165) is 11.8 Å². The van der Waals surface area contributed by atoms with E-state index in [1.807, 2.05) is 12.1 Å². The van der Waals surface area contributed by atoms with Crippen molar-refractivity contribution in [2.45, 2.75) is 38.6 Å². The first-order chi connectivity index (χ1) is 13.9. The Morgan fingerprint density at radius 1 is 1.03 bits per heavy atom. The lowest BCUT2D eigenvalue weighted by Crippen LogP contribution is -2.44. The quantitative estimate of drug-likeness (QED) is 0.609. The zero-order valence-corrected chi connectivity index (χ0v) is 19.9. The number of carbonyl (C=O) groups is 2. The van der Waals surface area contributed by atoms with Crippen molar-refractivity contribution < 1.29 is 18.0 Å². The van der Waals surface area contributed by atoms with Gasteiger partial charge in [0.15, 0.2) is 0 Å². The Morgan fingerprint density at radius 2 is 1.63 bits per heavy atom. The summed E-state index contributed by atoms with van der Waals surface area (Å²) in [6.07, 6.45) is 1.07. The van der Waals surface area contributed by atoms with E-state index in [1.54, 1.807) is 36.4 Å². The number of sulfone groups is 1.